The van der Waals surface area contributed by atoms with Crippen LogP contribution in [0.4, 0.5) is 0 Å². The Hall–Kier alpha value is -2.11. The highest BCUT2D eigenvalue weighted by Gasteiger charge is 2.04. The van der Waals surface area contributed by atoms with Crippen molar-refractivity contribution in [3.8, 4) is 0 Å². The van der Waals surface area contributed by atoms with Gasteiger partial charge in [-0.05, 0) is 12.5 Å². The second-order valence-electron chi connectivity index (χ2n) is 4.32. The van der Waals surface area contributed by atoms with Gasteiger partial charge in [-0.1, -0.05) is 13.3 Å². The Morgan fingerprint density at radius 3 is 2.68 bits per heavy atom. The Morgan fingerprint density at radius 1 is 1.37 bits per heavy atom. The maximum atomic E-state index is 11.8. The lowest BCUT2D eigenvalue weighted by Gasteiger charge is -2.03. The van der Waals surface area contributed by atoms with Gasteiger partial charge in [-0.25, -0.2) is 4.79 Å². The van der Waals surface area contributed by atoms with Gasteiger partial charge in [-0.3, -0.25) is 14.2 Å². The minimum absolute atomic E-state index is 0.246. The summed E-state index contributed by atoms with van der Waals surface area (Å²) >= 11 is 0. The lowest BCUT2D eigenvalue weighted by atomic mass is 10.3. The first-order chi connectivity index (χ1) is 8.97. The number of unbranched alkanes of at least 4 members (excludes halogenated alkanes) is 1. The third-order valence-corrected chi connectivity index (χ3v) is 2.72. The summed E-state index contributed by atoms with van der Waals surface area (Å²) in [5, 5.41) is 2.71. The van der Waals surface area contributed by atoms with Crippen LogP contribution in [0, 0.1) is 0 Å². The molecule has 6 heteroatoms. The third-order valence-electron chi connectivity index (χ3n) is 2.72. The Labute approximate surface area is 111 Å². The molecule has 1 amide bonds. The molecule has 0 spiro atoms. The molecular formula is C13H19N3O3. The molecule has 0 saturated carbocycles. The maximum Gasteiger partial charge on any atom is 0.330 e. The Morgan fingerprint density at radius 2 is 2.05 bits per heavy atom. The van der Waals surface area contributed by atoms with E-state index in [2.05, 4.69) is 5.32 Å². The number of nitrogens with one attached hydrogen (secondary N) is 1. The van der Waals surface area contributed by atoms with Gasteiger partial charge in [0.05, 0.1) is 5.56 Å². The summed E-state index contributed by atoms with van der Waals surface area (Å²) in [6.45, 7) is 2.65. The Bertz CT molecular complexity index is 596. The molecule has 1 heterocycles. The van der Waals surface area contributed by atoms with E-state index in [-0.39, 0.29) is 5.91 Å². The van der Waals surface area contributed by atoms with Crippen LogP contribution in [0.2, 0.25) is 0 Å². The zero-order chi connectivity index (χ0) is 14.4. The lowest BCUT2D eigenvalue weighted by Crippen LogP contribution is -2.37. The molecule has 1 aromatic heterocycles. The minimum atomic E-state index is -0.416. The van der Waals surface area contributed by atoms with Gasteiger partial charge in [0.25, 0.3) is 5.56 Å². The van der Waals surface area contributed by atoms with E-state index >= 15 is 0 Å². The minimum Gasteiger partial charge on any atom is -0.353 e. The van der Waals surface area contributed by atoms with E-state index in [1.165, 1.54) is 30.0 Å². The van der Waals surface area contributed by atoms with Gasteiger partial charge in [0.1, 0.15) is 0 Å². The van der Waals surface area contributed by atoms with Gasteiger partial charge < -0.3 is 9.88 Å². The van der Waals surface area contributed by atoms with Crippen LogP contribution in [0.25, 0.3) is 6.08 Å². The molecule has 0 radical (unpaired) electrons. The van der Waals surface area contributed by atoms with Crippen LogP contribution in [0.5, 0.6) is 0 Å². The van der Waals surface area contributed by atoms with E-state index < -0.39 is 11.2 Å². The molecule has 19 heavy (non-hydrogen) atoms. The second-order valence-corrected chi connectivity index (χ2v) is 4.32. The average molecular weight is 265 g/mol. The van der Waals surface area contributed by atoms with Crippen molar-refractivity contribution >= 4 is 12.0 Å². The van der Waals surface area contributed by atoms with Crippen molar-refractivity contribution < 1.29 is 4.79 Å². The van der Waals surface area contributed by atoms with Crippen LogP contribution in [-0.4, -0.2) is 21.6 Å². The highest BCUT2D eigenvalue weighted by molar-refractivity contribution is 5.91. The Kier molecular flexibility index (Phi) is 5.29. The highest BCUT2D eigenvalue weighted by atomic mass is 16.2. The number of hydrogen-bond donors (Lipinski definition) is 1. The summed E-state index contributed by atoms with van der Waals surface area (Å²) in [5.41, 5.74) is -0.509. The highest BCUT2D eigenvalue weighted by Crippen LogP contribution is 1.92. The molecule has 104 valence electrons. The number of rotatable bonds is 5. The fraction of sp³-hybridized carbons (Fsp3) is 0.462. The predicted molar refractivity (Wildman–Crippen MR) is 73.9 cm³/mol. The molecule has 1 N–H and O–H groups in total. The van der Waals surface area contributed by atoms with Crippen LogP contribution >= 0.6 is 0 Å². The van der Waals surface area contributed by atoms with Crippen molar-refractivity contribution in [2.45, 2.75) is 19.8 Å². The van der Waals surface area contributed by atoms with E-state index in [1.54, 1.807) is 7.05 Å². The van der Waals surface area contributed by atoms with Crippen LogP contribution in [0.3, 0.4) is 0 Å². The molecule has 0 aromatic carbocycles. The molecule has 0 aliphatic heterocycles. The SMILES string of the molecule is CCCCNC(=O)/C=C/c1cn(C)c(=O)n(C)c1=O. The Balaban J connectivity index is 2.86. The van der Waals surface area contributed by atoms with Gasteiger partial charge in [0.2, 0.25) is 5.91 Å². The molecule has 0 bridgehead atoms. The van der Waals surface area contributed by atoms with Crippen molar-refractivity contribution in [3.63, 3.8) is 0 Å². The average Bonchev–Trinajstić information content (AvgIpc) is 2.39. The largest absolute Gasteiger partial charge is 0.353 e. The zero-order valence-corrected chi connectivity index (χ0v) is 11.5. The van der Waals surface area contributed by atoms with E-state index in [1.807, 2.05) is 6.92 Å². The number of carbonyl (C=O) groups excluding carboxylic acids is 1. The van der Waals surface area contributed by atoms with Gasteiger partial charge in [-0.15, -0.1) is 0 Å². The molecule has 0 fully saturated rings. The summed E-state index contributed by atoms with van der Waals surface area (Å²) in [6, 6.07) is 0. The molecule has 0 aliphatic rings. The van der Waals surface area contributed by atoms with Crippen molar-refractivity contribution in [2.24, 2.45) is 14.1 Å². The number of amides is 1. The number of nitrogens with zero attached hydrogens (tertiary/aromatic N) is 2. The van der Waals surface area contributed by atoms with Crippen molar-refractivity contribution in [2.75, 3.05) is 6.54 Å². The first-order valence-corrected chi connectivity index (χ1v) is 6.20. The first-order valence-electron chi connectivity index (χ1n) is 6.20. The van der Waals surface area contributed by atoms with Gasteiger partial charge >= 0.3 is 5.69 Å². The van der Waals surface area contributed by atoms with E-state index in [9.17, 15) is 14.4 Å². The maximum absolute atomic E-state index is 11.8. The normalized spacial score (nSPS) is 10.9. The number of carbonyl (C=O) groups is 1. The molecule has 0 saturated heterocycles. The molecule has 0 unspecified atom stereocenters. The number of aromatic nitrogens is 2. The molecular weight excluding hydrogens is 246 g/mol. The van der Waals surface area contributed by atoms with Crippen LogP contribution in [-0.2, 0) is 18.9 Å². The summed E-state index contributed by atoms with van der Waals surface area (Å²) in [7, 11) is 2.96. The van der Waals surface area contributed by atoms with E-state index in [4.69, 9.17) is 0 Å². The van der Waals surface area contributed by atoms with Crippen molar-refractivity contribution in [1.29, 1.82) is 0 Å². The third kappa shape index (κ3) is 3.94. The standard InChI is InChI=1S/C13H19N3O3/c1-4-5-8-14-11(17)7-6-10-9-15(2)13(19)16(3)12(10)18/h6-7,9H,4-5,8H2,1-3H3,(H,14,17)/b7-6+. The van der Waals surface area contributed by atoms with Crippen LogP contribution in [0.1, 0.15) is 25.3 Å². The fourth-order valence-corrected chi connectivity index (χ4v) is 1.56. The number of hydrogen-bond acceptors (Lipinski definition) is 3. The topological polar surface area (TPSA) is 73.1 Å². The smallest absolute Gasteiger partial charge is 0.330 e. The van der Waals surface area contributed by atoms with Gasteiger partial charge in [-0.2, -0.15) is 0 Å². The van der Waals surface area contributed by atoms with E-state index in [0.717, 1.165) is 17.4 Å². The monoisotopic (exact) mass is 265 g/mol. The lowest BCUT2D eigenvalue weighted by molar-refractivity contribution is -0.116. The molecule has 0 aliphatic carbocycles. The first kappa shape index (κ1) is 14.9. The van der Waals surface area contributed by atoms with Crippen molar-refractivity contribution in [1.82, 2.24) is 14.5 Å². The van der Waals surface area contributed by atoms with E-state index in [0.29, 0.717) is 12.1 Å². The molecule has 1 aromatic rings. The summed E-state index contributed by atoms with van der Waals surface area (Å²) in [5.74, 6) is -0.246. The molecule has 1 rings (SSSR count). The summed E-state index contributed by atoms with van der Waals surface area (Å²) in [4.78, 5) is 34.7. The summed E-state index contributed by atoms with van der Waals surface area (Å²) < 4.78 is 2.31. The molecule has 6 nitrogen and oxygen atoms in total. The second kappa shape index (κ2) is 6.72. The van der Waals surface area contributed by atoms with Gasteiger partial charge in [0, 0.05) is 32.9 Å². The van der Waals surface area contributed by atoms with Crippen LogP contribution < -0.4 is 16.6 Å². The zero-order valence-electron chi connectivity index (χ0n) is 11.5. The number of aryl methyl sites for hydroxylation is 1. The summed E-state index contributed by atoms with van der Waals surface area (Å²) in [6.07, 6.45) is 6.06. The van der Waals surface area contributed by atoms with Crippen molar-refractivity contribution in [3.05, 3.63) is 38.7 Å². The quantitative estimate of drug-likeness (QED) is 0.602. The molecule has 0 atom stereocenters. The van der Waals surface area contributed by atoms with Crippen LogP contribution in [0.15, 0.2) is 21.9 Å². The predicted octanol–water partition coefficient (Wildman–Crippen LogP) is 0.0135. The fourth-order valence-electron chi connectivity index (χ4n) is 1.56. The van der Waals surface area contributed by atoms with Gasteiger partial charge in [0.15, 0.2) is 0 Å².